The SMILES string of the molecule is CC1(C)c2ccccc2-c2ccc(-c3nc(-c4ccc5c(c4)C(C)(C)c4ccccc4-5)nc(-n4c5ccccc5c5c6oc7ccccc7c6ccc54)n3)cc21.c1ccc(-c2ccc(-c3nc(-c4ccc(-c5ccccc5)cc4)nc(-n4c5ccccc5c5c6oc7ccccc7c6ccc54)n3)cc2)cc1.c1ccc(-c2ccc(-c3nc(-c4ccccc4)nc(-n4c5ccccc5c5c6oc7ccccc7c6ccc54)n3)cc2)cc1. The number of fused-ring (bicyclic) bond motifs is 27. The van der Waals surface area contributed by atoms with Gasteiger partial charge in [0.05, 0.1) is 49.3 Å². The highest BCUT2D eigenvalue weighted by Crippen LogP contribution is 2.54. The second kappa shape index (κ2) is 34.5. The van der Waals surface area contributed by atoms with Gasteiger partial charge in [0.25, 0.3) is 0 Å². The van der Waals surface area contributed by atoms with E-state index in [2.05, 4.69) is 418 Å². The average Bonchev–Trinajstić information content (AvgIpc) is 1.56. The zero-order valence-electron chi connectivity index (χ0n) is 82.0. The minimum absolute atomic E-state index is 0.161. The van der Waals surface area contributed by atoms with Crippen LogP contribution in [0.2, 0.25) is 0 Å². The fraction of sp³-hybridized carbons (Fsp3) is 0.0444. The molecule has 2 aliphatic carbocycles. The fourth-order valence-electron chi connectivity index (χ4n) is 23.1. The van der Waals surface area contributed by atoms with Gasteiger partial charge >= 0.3 is 0 Å². The molecule has 0 saturated carbocycles. The first kappa shape index (κ1) is 86.9. The van der Waals surface area contributed by atoms with Crippen LogP contribution >= 0.6 is 0 Å². The first-order valence-corrected chi connectivity index (χ1v) is 50.7. The topological polar surface area (TPSA) is 170 Å². The van der Waals surface area contributed by atoms with Crippen LogP contribution in [0.15, 0.2) is 474 Å². The van der Waals surface area contributed by atoms with Gasteiger partial charge in [-0.2, -0.15) is 29.9 Å². The van der Waals surface area contributed by atoms with E-state index in [9.17, 15) is 0 Å². The largest absolute Gasteiger partial charge is 0.455 e. The third-order valence-corrected chi connectivity index (χ3v) is 30.5. The quantitative estimate of drug-likeness (QED) is 0.114. The molecule has 15 nitrogen and oxygen atoms in total. The Bertz CT molecular complexity index is 10300. The molecule has 150 heavy (non-hydrogen) atoms. The van der Waals surface area contributed by atoms with Gasteiger partial charge < -0.3 is 13.3 Å². The number of hydrogen-bond donors (Lipinski definition) is 0. The number of furan rings is 3. The van der Waals surface area contributed by atoms with Gasteiger partial charge in [-0.05, 0) is 163 Å². The summed E-state index contributed by atoms with van der Waals surface area (Å²) in [5.41, 5.74) is 33.7. The number of rotatable bonds is 12. The number of hydrogen-bond acceptors (Lipinski definition) is 12. The van der Waals surface area contributed by atoms with Crippen LogP contribution in [0, 0.1) is 0 Å². The molecule has 0 bridgehead atoms. The van der Waals surface area contributed by atoms with Crippen LogP contribution in [0.5, 0.6) is 0 Å². The smallest absolute Gasteiger partial charge is 0.238 e. The van der Waals surface area contributed by atoms with Crippen LogP contribution in [0.1, 0.15) is 49.9 Å². The van der Waals surface area contributed by atoms with E-state index < -0.39 is 0 Å². The molecule has 2 aliphatic rings. The van der Waals surface area contributed by atoms with E-state index in [1.807, 2.05) is 84.9 Å². The van der Waals surface area contributed by atoms with Gasteiger partial charge in [-0.3, -0.25) is 13.7 Å². The van der Waals surface area contributed by atoms with E-state index in [1.165, 1.54) is 50.1 Å². The zero-order valence-corrected chi connectivity index (χ0v) is 82.0. The Balaban J connectivity index is 0.000000106. The van der Waals surface area contributed by atoms with E-state index in [4.69, 9.17) is 58.1 Å². The van der Waals surface area contributed by atoms with Crippen LogP contribution in [0.25, 0.3) is 273 Å². The predicted octanol–water partition coefficient (Wildman–Crippen LogP) is 34.2. The fourth-order valence-corrected chi connectivity index (χ4v) is 23.1. The van der Waals surface area contributed by atoms with Crippen molar-refractivity contribution in [1.29, 1.82) is 0 Å². The van der Waals surface area contributed by atoms with Crippen molar-refractivity contribution in [2.45, 2.75) is 38.5 Å². The summed E-state index contributed by atoms with van der Waals surface area (Å²) < 4.78 is 26.1. The zero-order chi connectivity index (χ0) is 99.6. The molecular weight excluding hydrogens is 1840 g/mol. The number of para-hydroxylation sites is 6. The summed E-state index contributed by atoms with van der Waals surface area (Å²) in [7, 11) is 0. The van der Waals surface area contributed by atoms with Gasteiger partial charge in [0.2, 0.25) is 17.8 Å². The maximum atomic E-state index is 6.62. The molecule has 706 valence electrons. The second-order valence-corrected chi connectivity index (χ2v) is 39.8. The Labute approximate surface area is 860 Å². The molecule has 9 aromatic heterocycles. The Kier molecular flexibility index (Phi) is 20.0. The van der Waals surface area contributed by atoms with Gasteiger partial charge in [-0.1, -0.05) is 404 Å². The summed E-state index contributed by atoms with van der Waals surface area (Å²) in [5, 5.41) is 13.0. The molecule has 9 heterocycles. The lowest BCUT2D eigenvalue weighted by Crippen LogP contribution is -2.15. The van der Waals surface area contributed by atoms with Crippen LogP contribution in [0.3, 0.4) is 0 Å². The third-order valence-electron chi connectivity index (χ3n) is 30.5. The van der Waals surface area contributed by atoms with Crippen molar-refractivity contribution in [3.05, 3.63) is 483 Å². The molecule has 31 rings (SSSR count). The van der Waals surface area contributed by atoms with Crippen molar-refractivity contribution in [2.24, 2.45) is 0 Å². The molecule has 15 heteroatoms. The molecule has 0 amide bonds. The number of benzene rings is 20. The van der Waals surface area contributed by atoms with E-state index in [-0.39, 0.29) is 10.8 Å². The van der Waals surface area contributed by atoms with Crippen LogP contribution in [0.4, 0.5) is 0 Å². The first-order valence-electron chi connectivity index (χ1n) is 50.7. The highest BCUT2D eigenvalue weighted by atomic mass is 16.3. The third kappa shape index (κ3) is 14.1. The van der Waals surface area contributed by atoms with E-state index in [0.717, 1.165) is 192 Å². The summed E-state index contributed by atoms with van der Waals surface area (Å²) in [4.78, 5) is 46.6. The van der Waals surface area contributed by atoms with Crippen molar-refractivity contribution in [1.82, 2.24) is 58.6 Å². The molecule has 29 aromatic rings. The van der Waals surface area contributed by atoms with Crippen LogP contribution in [-0.2, 0) is 10.8 Å². The van der Waals surface area contributed by atoms with E-state index in [1.54, 1.807) is 0 Å². The maximum absolute atomic E-state index is 6.62. The Morgan fingerprint density at radius 1 is 0.167 bits per heavy atom. The van der Waals surface area contributed by atoms with Gasteiger partial charge in [0.1, 0.15) is 33.5 Å². The lowest BCUT2D eigenvalue weighted by Gasteiger charge is -2.22. The lowest BCUT2D eigenvalue weighted by molar-refractivity contribution is 0.660. The van der Waals surface area contributed by atoms with Crippen molar-refractivity contribution < 1.29 is 13.3 Å². The molecule has 0 spiro atoms. The van der Waals surface area contributed by atoms with Gasteiger partial charge in [-0.25, -0.2) is 15.0 Å². The average molecular weight is 1930 g/mol. The predicted molar refractivity (Wildman–Crippen MR) is 608 cm³/mol. The molecule has 0 aliphatic heterocycles. The van der Waals surface area contributed by atoms with E-state index >= 15 is 0 Å². The molecule has 0 atom stereocenters. The maximum Gasteiger partial charge on any atom is 0.238 e. The van der Waals surface area contributed by atoms with Crippen molar-refractivity contribution in [2.75, 3.05) is 0 Å². The highest BCUT2D eigenvalue weighted by Gasteiger charge is 2.39. The molecule has 0 radical (unpaired) electrons. The standard InChI is InChI=1S/C51H36N4O.C45H28N4O.C39H24N4O/c1-50(2)38-17-9-5-13-31(38)33-23-21-29(27-40(33)50)47-52-48(30-22-24-34-32-14-6-10-18-39(32)51(3,4)41(34)28-30)54-49(53-47)55-42-19-11-7-16-37(42)45-43(55)26-25-36-35-15-8-12-20-44(35)56-46(36)45;1-3-11-29(12-4-1)31-19-23-33(24-20-31)43-46-44(34-25-21-32(22-26-34)30-13-5-2-6-14-30)48-45(47-43)49-38-17-9-7-16-37(38)41-39(49)28-27-36-35-15-8-10-18-40(35)50-42(36)41;1-3-11-25(12-4-1)26-19-21-28(22-20-26)38-40-37(27-13-5-2-6-14-27)41-39(42-38)43-32-17-9-7-16-31(32)35-33(43)24-23-30-29-15-8-10-18-34(29)44-36(30)35/h5-28H,1-4H3;1-28H;1-24H. The highest BCUT2D eigenvalue weighted by molar-refractivity contribution is 6.27. The summed E-state index contributed by atoms with van der Waals surface area (Å²) in [6.45, 7) is 9.25. The van der Waals surface area contributed by atoms with E-state index in [0.29, 0.717) is 52.8 Å². The summed E-state index contributed by atoms with van der Waals surface area (Å²) in [6.07, 6.45) is 0. The molecule has 0 fully saturated rings. The van der Waals surface area contributed by atoms with Gasteiger partial charge in [0.15, 0.2) is 34.9 Å². The van der Waals surface area contributed by atoms with Gasteiger partial charge in [-0.15, -0.1) is 0 Å². The Morgan fingerprint density at radius 3 is 0.707 bits per heavy atom. The normalized spacial score (nSPS) is 12.8. The van der Waals surface area contributed by atoms with Crippen molar-refractivity contribution in [3.8, 4) is 142 Å². The van der Waals surface area contributed by atoms with Crippen LogP contribution < -0.4 is 0 Å². The minimum atomic E-state index is -0.161. The number of aromatic nitrogens is 12. The van der Waals surface area contributed by atoms with Crippen molar-refractivity contribution in [3.63, 3.8) is 0 Å². The minimum Gasteiger partial charge on any atom is -0.455 e. The summed E-state index contributed by atoms with van der Waals surface area (Å²) >= 11 is 0. The molecular formula is C135H88N12O3. The summed E-state index contributed by atoms with van der Waals surface area (Å²) in [5.74, 6) is 5.39. The molecule has 0 unspecified atom stereocenters. The Hall–Kier alpha value is -19.8. The summed E-state index contributed by atoms with van der Waals surface area (Å²) in [6, 6.07) is 160. The lowest BCUT2D eigenvalue weighted by atomic mass is 9.82. The van der Waals surface area contributed by atoms with Crippen molar-refractivity contribution >= 4 is 131 Å². The Morgan fingerprint density at radius 2 is 0.393 bits per heavy atom. The first-order chi connectivity index (χ1) is 73.9. The van der Waals surface area contributed by atoms with Crippen LogP contribution in [-0.4, -0.2) is 58.6 Å². The monoisotopic (exact) mass is 1920 g/mol. The molecule has 0 N–H and O–H groups in total. The molecule has 20 aromatic carbocycles. The molecule has 0 saturated heterocycles. The second-order valence-electron chi connectivity index (χ2n) is 39.8. The van der Waals surface area contributed by atoms with Gasteiger partial charge in [0, 0.05) is 92.7 Å². The number of nitrogens with zero attached hydrogens (tertiary/aromatic N) is 12.